The van der Waals surface area contributed by atoms with Gasteiger partial charge in [-0.05, 0) is 12.1 Å². The van der Waals surface area contributed by atoms with Crippen LogP contribution in [0.3, 0.4) is 0 Å². The third-order valence-electron chi connectivity index (χ3n) is 3.73. The van der Waals surface area contributed by atoms with Crippen molar-refractivity contribution < 1.29 is 39.8 Å². The Bertz CT molecular complexity index is 806. The molecule has 24 heavy (non-hydrogen) atoms. The molecule has 8 heteroatoms. The van der Waals surface area contributed by atoms with Crippen molar-refractivity contribution in [3.63, 3.8) is 0 Å². The minimum Gasteiger partial charge on any atom is -0.508 e. The number of phenolic OH excluding ortho intramolecular Hbond substituents is 4. The van der Waals surface area contributed by atoms with Crippen molar-refractivity contribution in [2.75, 3.05) is 7.11 Å². The van der Waals surface area contributed by atoms with Gasteiger partial charge in [-0.3, -0.25) is 4.79 Å². The molecule has 2 atom stereocenters. The van der Waals surface area contributed by atoms with Crippen molar-refractivity contribution in [3.05, 3.63) is 35.4 Å². The second kappa shape index (κ2) is 5.50. The van der Waals surface area contributed by atoms with E-state index < -0.39 is 35.2 Å². The van der Waals surface area contributed by atoms with E-state index in [1.807, 2.05) is 0 Å². The number of ketones is 1. The number of hydrogen-bond acceptors (Lipinski definition) is 8. The van der Waals surface area contributed by atoms with Crippen LogP contribution in [0.1, 0.15) is 22.0 Å². The predicted octanol–water partition coefficient (Wildman–Crippen LogP) is 1.19. The summed E-state index contributed by atoms with van der Waals surface area (Å²) in [5.41, 5.74) is -0.140. The zero-order valence-electron chi connectivity index (χ0n) is 12.4. The normalized spacial score (nSPS) is 19.5. The topological polar surface area (TPSA) is 137 Å². The lowest BCUT2D eigenvalue weighted by Crippen LogP contribution is -2.36. The average Bonchev–Trinajstić information content (AvgIpc) is 2.49. The number of phenols is 4. The van der Waals surface area contributed by atoms with Crippen molar-refractivity contribution in [1.29, 1.82) is 0 Å². The first kappa shape index (κ1) is 15.8. The van der Waals surface area contributed by atoms with Gasteiger partial charge < -0.3 is 35.0 Å². The second-order valence-electron chi connectivity index (χ2n) is 5.28. The first-order valence-electron chi connectivity index (χ1n) is 6.88. The maximum atomic E-state index is 12.3. The van der Waals surface area contributed by atoms with Gasteiger partial charge in [0.05, 0.1) is 7.11 Å². The predicted molar refractivity (Wildman–Crippen MR) is 79.8 cm³/mol. The molecule has 1 heterocycles. The van der Waals surface area contributed by atoms with E-state index in [4.69, 9.17) is 9.47 Å². The highest BCUT2D eigenvalue weighted by Gasteiger charge is 2.39. The summed E-state index contributed by atoms with van der Waals surface area (Å²) in [4.78, 5) is 12.3. The third kappa shape index (κ3) is 2.33. The van der Waals surface area contributed by atoms with Gasteiger partial charge in [0, 0.05) is 17.7 Å². The van der Waals surface area contributed by atoms with Crippen LogP contribution in [0.25, 0.3) is 0 Å². The first-order valence-corrected chi connectivity index (χ1v) is 6.88. The number of Topliss-reactive ketones (excluding diaryl/α,β-unsaturated/α-hetero) is 1. The third-order valence-corrected chi connectivity index (χ3v) is 3.73. The van der Waals surface area contributed by atoms with E-state index in [0.29, 0.717) is 0 Å². The Kier molecular flexibility index (Phi) is 3.61. The highest BCUT2D eigenvalue weighted by atomic mass is 16.5. The van der Waals surface area contributed by atoms with E-state index in [1.54, 1.807) is 0 Å². The Hall–Kier alpha value is -3.13. The molecular formula is C16H14O8. The van der Waals surface area contributed by atoms with Gasteiger partial charge in [0.2, 0.25) is 11.5 Å². The molecule has 0 bridgehead atoms. The van der Waals surface area contributed by atoms with Gasteiger partial charge in [0.25, 0.3) is 0 Å². The molecule has 1 aliphatic heterocycles. The molecule has 0 saturated heterocycles. The van der Waals surface area contributed by atoms with Crippen LogP contribution in [0.5, 0.6) is 34.5 Å². The fourth-order valence-electron chi connectivity index (χ4n) is 2.66. The SMILES string of the molecule is COc1c(O)cc([C@H]2Oc3cc(O)cc(O)c3C(=O)[C@@H]2O)cc1O. The number of ether oxygens (including phenoxy) is 2. The lowest BCUT2D eigenvalue weighted by Gasteiger charge is -2.30. The molecule has 0 unspecified atom stereocenters. The van der Waals surface area contributed by atoms with Crippen molar-refractivity contribution in [2.24, 2.45) is 0 Å². The number of carbonyl (C=O) groups is 1. The molecule has 0 amide bonds. The van der Waals surface area contributed by atoms with Gasteiger partial charge in [-0.15, -0.1) is 0 Å². The lowest BCUT2D eigenvalue weighted by molar-refractivity contribution is 0.0209. The number of fused-ring (bicyclic) bond motifs is 1. The smallest absolute Gasteiger partial charge is 0.202 e. The van der Waals surface area contributed by atoms with E-state index in [1.165, 1.54) is 19.2 Å². The molecule has 0 fully saturated rings. The van der Waals surface area contributed by atoms with Crippen LogP contribution in [0.2, 0.25) is 0 Å². The number of benzene rings is 2. The van der Waals surface area contributed by atoms with Gasteiger partial charge in [-0.1, -0.05) is 0 Å². The minimum atomic E-state index is -1.68. The summed E-state index contributed by atoms with van der Waals surface area (Å²) in [5, 5.41) is 49.2. The maximum Gasteiger partial charge on any atom is 0.202 e. The number of hydrogen-bond donors (Lipinski definition) is 5. The monoisotopic (exact) mass is 334 g/mol. The number of aliphatic hydroxyl groups excluding tert-OH is 1. The Morgan fingerprint density at radius 3 is 2.21 bits per heavy atom. The molecule has 126 valence electrons. The molecular weight excluding hydrogens is 320 g/mol. The highest BCUT2D eigenvalue weighted by molar-refractivity contribution is 6.05. The molecule has 0 aliphatic carbocycles. The van der Waals surface area contributed by atoms with Crippen molar-refractivity contribution in [2.45, 2.75) is 12.2 Å². The zero-order chi connectivity index (χ0) is 17.6. The average molecular weight is 334 g/mol. The van der Waals surface area contributed by atoms with E-state index in [-0.39, 0.29) is 28.4 Å². The van der Waals surface area contributed by atoms with Crippen LogP contribution >= 0.6 is 0 Å². The molecule has 0 radical (unpaired) electrons. The van der Waals surface area contributed by atoms with Gasteiger partial charge >= 0.3 is 0 Å². The van der Waals surface area contributed by atoms with Crippen LogP contribution in [0.15, 0.2) is 24.3 Å². The lowest BCUT2D eigenvalue weighted by atomic mass is 9.92. The second-order valence-corrected chi connectivity index (χ2v) is 5.28. The molecule has 0 saturated carbocycles. The van der Waals surface area contributed by atoms with Gasteiger partial charge in [-0.2, -0.15) is 0 Å². The van der Waals surface area contributed by atoms with E-state index >= 15 is 0 Å². The summed E-state index contributed by atoms with van der Waals surface area (Å²) in [7, 11) is 1.26. The first-order chi connectivity index (χ1) is 11.3. The maximum absolute atomic E-state index is 12.3. The Labute approximate surface area is 135 Å². The largest absolute Gasteiger partial charge is 0.508 e. The van der Waals surface area contributed by atoms with Gasteiger partial charge in [-0.25, -0.2) is 0 Å². The molecule has 5 N–H and O–H groups in total. The number of carbonyl (C=O) groups excluding carboxylic acids is 1. The summed E-state index contributed by atoms with van der Waals surface area (Å²) >= 11 is 0. The number of rotatable bonds is 2. The van der Waals surface area contributed by atoms with Gasteiger partial charge in [0.15, 0.2) is 23.7 Å². The van der Waals surface area contributed by atoms with Crippen LogP contribution < -0.4 is 9.47 Å². The highest BCUT2D eigenvalue weighted by Crippen LogP contribution is 2.44. The Morgan fingerprint density at radius 1 is 1.00 bits per heavy atom. The standard InChI is InChI=1S/C16H14O8/c1-23-16-9(19)2-6(3-10(16)20)15-14(22)13(21)12-8(18)4-7(17)5-11(12)24-15/h2-5,14-15,17-20,22H,1H3/t14-,15+/m0/s1. The molecule has 2 aromatic rings. The Balaban J connectivity index is 2.09. The van der Waals surface area contributed by atoms with E-state index in [9.17, 15) is 30.3 Å². The van der Waals surface area contributed by atoms with Crippen LogP contribution in [-0.2, 0) is 0 Å². The summed E-state index contributed by atoms with van der Waals surface area (Å²) in [6.45, 7) is 0. The van der Waals surface area contributed by atoms with E-state index in [0.717, 1.165) is 12.1 Å². The molecule has 1 aliphatic rings. The fraction of sp³-hybridized carbons (Fsp3) is 0.188. The van der Waals surface area contributed by atoms with E-state index in [2.05, 4.69) is 0 Å². The fourth-order valence-corrected chi connectivity index (χ4v) is 2.66. The van der Waals surface area contributed by atoms with Crippen LogP contribution in [-0.4, -0.2) is 44.5 Å². The molecule has 2 aromatic carbocycles. The minimum absolute atomic E-state index is 0.111. The molecule has 0 aromatic heterocycles. The van der Waals surface area contributed by atoms with Crippen molar-refractivity contribution in [3.8, 4) is 34.5 Å². The van der Waals surface area contributed by atoms with Gasteiger partial charge in [0.1, 0.15) is 22.8 Å². The molecule has 8 nitrogen and oxygen atoms in total. The van der Waals surface area contributed by atoms with Crippen molar-refractivity contribution >= 4 is 5.78 Å². The molecule has 0 spiro atoms. The summed E-state index contributed by atoms with van der Waals surface area (Å²) < 4.78 is 10.3. The summed E-state index contributed by atoms with van der Waals surface area (Å²) in [6, 6.07) is 4.42. The Morgan fingerprint density at radius 2 is 1.62 bits per heavy atom. The van der Waals surface area contributed by atoms with Crippen LogP contribution in [0, 0.1) is 0 Å². The van der Waals surface area contributed by atoms with Crippen molar-refractivity contribution in [1.82, 2.24) is 0 Å². The number of aliphatic hydroxyl groups is 1. The molecule has 3 rings (SSSR count). The number of aromatic hydroxyl groups is 4. The summed E-state index contributed by atoms with van der Waals surface area (Å²) in [6.07, 6.45) is -2.94. The zero-order valence-corrected chi connectivity index (χ0v) is 12.4. The summed E-state index contributed by atoms with van der Waals surface area (Å²) in [5.74, 6) is -2.75. The quantitative estimate of drug-likeness (QED) is 0.552. The van der Waals surface area contributed by atoms with Crippen LogP contribution in [0.4, 0.5) is 0 Å². The number of methoxy groups -OCH3 is 1.